The van der Waals surface area contributed by atoms with Crippen molar-refractivity contribution in [2.75, 3.05) is 5.32 Å². The molecule has 0 atom stereocenters. The highest BCUT2D eigenvalue weighted by Gasteiger charge is 2.14. The molecule has 17 heavy (non-hydrogen) atoms. The average molecular weight is 231 g/mol. The van der Waals surface area contributed by atoms with Crippen LogP contribution in [0.3, 0.4) is 0 Å². The van der Waals surface area contributed by atoms with Crippen LogP contribution in [-0.4, -0.2) is 16.1 Å². The first-order valence-electron chi connectivity index (χ1n) is 5.40. The lowest BCUT2D eigenvalue weighted by atomic mass is 10.1. The molecule has 5 nitrogen and oxygen atoms in total. The summed E-state index contributed by atoms with van der Waals surface area (Å²) < 4.78 is 5.06. The Labute approximate surface area is 98.9 Å². The summed E-state index contributed by atoms with van der Waals surface area (Å²) in [5.74, 6) is -0.0289. The van der Waals surface area contributed by atoms with Crippen LogP contribution < -0.4 is 5.32 Å². The molecule has 1 aromatic heterocycles. The Bertz CT molecular complexity index is 534. The number of para-hydroxylation sites is 1. The molecule has 0 bridgehead atoms. The van der Waals surface area contributed by atoms with Crippen molar-refractivity contribution in [3.05, 3.63) is 41.6 Å². The number of aromatic nitrogens is 2. The third kappa shape index (κ3) is 2.50. The van der Waals surface area contributed by atoms with Crippen LogP contribution in [0.25, 0.3) is 0 Å². The van der Waals surface area contributed by atoms with E-state index in [-0.39, 0.29) is 11.8 Å². The normalized spacial score (nSPS) is 10.2. The van der Waals surface area contributed by atoms with E-state index in [2.05, 4.69) is 15.5 Å². The van der Waals surface area contributed by atoms with Crippen LogP contribution in [0.5, 0.6) is 0 Å². The van der Waals surface area contributed by atoms with E-state index in [0.29, 0.717) is 5.89 Å². The second-order valence-electron chi connectivity index (χ2n) is 3.59. The Balaban J connectivity index is 2.18. The maximum absolute atomic E-state index is 11.8. The van der Waals surface area contributed by atoms with Gasteiger partial charge in [0.1, 0.15) is 0 Å². The zero-order valence-electron chi connectivity index (χ0n) is 9.73. The molecule has 0 unspecified atom stereocenters. The number of amides is 1. The number of hydrogen-bond donors (Lipinski definition) is 1. The zero-order valence-corrected chi connectivity index (χ0v) is 9.73. The molecule has 0 aliphatic carbocycles. The van der Waals surface area contributed by atoms with Crippen LogP contribution in [0.1, 0.15) is 29.1 Å². The highest BCUT2D eigenvalue weighted by atomic mass is 16.4. The van der Waals surface area contributed by atoms with E-state index in [1.807, 2.05) is 31.2 Å². The van der Waals surface area contributed by atoms with Gasteiger partial charge >= 0.3 is 11.8 Å². The van der Waals surface area contributed by atoms with Gasteiger partial charge in [-0.3, -0.25) is 4.79 Å². The zero-order chi connectivity index (χ0) is 12.3. The van der Waals surface area contributed by atoms with Crippen LogP contribution in [-0.2, 0) is 6.42 Å². The lowest BCUT2D eigenvalue weighted by Gasteiger charge is -2.07. The van der Waals surface area contributed by atoms with Gasteiger partial charge in [0.25, 0.3) is 0 Å². The first-order chi connectivity index (χ1) is 8.20. The molecule has 0 aliphatic heterocycles. The molecule has 2 aromatic rings. The summed E-state index contributed by atoms with van der Waals surface area (Å²) in [5.41, 5.74) is 1.84. The lowest BCUT2D eigenvalue weighted by Crippen LogP contribution is -2.13. The first-order valence-corrected chi connectivity index (χ1v) is 5.40. The van der Waals surface area contributed by atoms with Gasteiger partial charge in [-0.1, -0.05) is 25.1 Å². The van der Waals surface area contributed by atoms with Crippen LogP contribution >= 0.6 is 0 Å². The molecule has 0 saturated carbocycles. The van der Waals surface area contributed by atoms with Crippen LogP contribution in [0.2, 0.25) is 0 Å². The van der Waals surface area contributed by atoms with Crippen LogP contribution in [0, 0.1) is 6.92 Å². The quantitative estimate of drug-likeness (QED) is 0.879. The van der Waals surface area contributed by atoms with Crippen molar-refractivity contribution in [1.82, 2.24) is 10.2 Å². The lowest BCUT2D eigenvalue weighted by molar-refractivity contribution is 0.0989. The third-order valence-electron chi connectivity index (χ3n) is 2.37. The number of carbonyl (C=O) groups is 1. The molecular weight excluding hydrogens is 218 g/mol. The number of hydrogen-bond acceptors (Lipinski definition) is 4. The van der Waals surface area contributed by atoms with E-state index in [1.165, 1.54) is 0 Å². The third-order valence-corrected chi connectivity index (χ3v) is 2.37. The Morgan fingerprint density at radius 2 is 2.12 bits per heavy atom. The van der Waals surface area contributed by atoms with Gasteiger partial charge in [-0.05, 0) is 18.1 Å². The molecule has 0 spiro atoms. The van der Waals surface area contributed by atoms with E-state index in [1.54, 1.807) is 6.92 Å². The maximum Gasteiger partial charge on any atom is 0.313 e. The number of rotatable bonds is 3. The highest BCUT2D eigenvalue weighted by Crippen LogP contribution is 2.16. The van der Waals surface area contributed by atoms with E-state index in [4.69, 9.17) is 4.42 Å². The molecule has 5 heteroatoms. The number of carbonyl (C=O) groups excluding carboxylic acids is 1. The maximum atomic E-state index is 11.8. The predicted octanol–water partition coefficient (Wildman–Crippen LogP) is 2.19. The first kappa shape index (κ1) is 11.3. The van der Waals surface area contributed by atoms with E-state index >= 15 is 0 Å². The van der Waals surface area contributed by atoms with E-state index in [0.717, 1.165) is 17.7 Å². The number of aryl methyl sites for hydroxylation is 2. The van der Waals surface area contributed by atoms with Crippen molar-refractivity contribution in [1.29, 1.82) is 0 Å². The van der Waals surface area contributed by atoms with Crippen LogP contribution in [0.4, 0.5) is 5.69 Å². The minimum absolute atomic E-state index is 0.0200. The second-order valence-corrected chi connectivity index (χ2v) is 3.59. The average Bonchev–Trinajstić information content (AvgIpc) is 2.77. The minimum Gasteiger partial charge on any atom is -0.417 e. The molecule has 1 amide bonds. The van der Waals surface area contributed by atoms with Crippen molar-refractivity contribution < 1.29 is 9.21 Å². The summed E-state index contributed by atoms with van der Waals surface area (Å²) in [4.78, 5) is 11.8. The van der Waals surface area contributed by atoms with Crippen molar-refractivity contribution in [3.8, 4) is 0 Å². The number of anilines is 1. The fourth-order valence-corrected chi connectivity index (χ4v) is 1.51. The largest absolute Gasteiger partial charge is 0.417 e. The predicted molar refractivity (Wildman–Crippen MR) is 62.8 cm³/mol. The highest BCUT2D eigenvalue weighted by molar-refractivity contribution is 6.01. The molecule has 2 rings (SSSR count). The number of nitrogens with zero attached hydrogens (tertiary/aromatic N) is 2. The molecule has 0 fully saturated rings. The van der Waals surface area contributed by atoms with Gasteiger partial charge in [0, 0.05) is 12.6 Å². The van der Waals surface area contributed by atoms with Crippen molar-refractivity contribution in [3.63, 3.8) is 0 Å². The molecule has 1 N–H and O–H groups in total. The number of nitrogens with one attached hydrogen (secondary N) is 1. The van der Waals surface area contributed by atoms with Gasteiger partial charge in [0.05, 0.1) is 0 Å². The van der Waals surface area contributed by atoms with E-state index < -0.39 is 0 Å². The smallest absolute Gasteiger partial charge is 0.313 e. The van der Waals surface area contributed by atoms with Crippen molar-refractivity contribution in [2.45, 2.75) is 20.3 Å². The molecule has 0 aliphatic rings. The molecular formula is C12H13N3O2. The monoisotopic (exact) mass is 231 g/mol. The summed E-state index contributed by atoms with van der Waals surface area (Å²) in [6.07, 6.45) is 0.847. The fraction of sp³-hybridized carbons (Fsp3) is 0.250. The summed E-state index contributed by atoms with van der Waals surface area (Å²) in [6, 6.07) is 7.62. The van der Waals surface area contributed by atoms with Gasteiger partial charge in [-0.2, -0.15) is 0 Å². The second kappa shape index (κ2) is 4.78. The van der Waals surface area contributed by atoms with Gasteiger partial charge in [0.15, 0.2) is 0 Å². The van der Waals surface area contributed by atoms with Crippen LogP contribution in [0.15, 0.2) is 28.7 Å². The standard InChI is InChI=1S/C12H13N3O2/c1-3-9-6-4-5-7-10(9)13-11(16)12-15-14-8(2)17-12/h4-7H,3H2,1-2H3,(H,13,16). The Morgan fingerprint density at radius 1 is 1.35 bits per heavy atom. The summed E-state index contributed by atoms with van der Waals surface area (Å²) in [7, 11) is 0. The van der Waals surface area contributed by atoms with Gasteiger partial charge < -0.3 is 9.73 Å². The van der Waals surface area contributed by atoms with Gasteiger partial charge in [-0.25, -0.2) is 0 Å². The fourth-order valence-electron chi connectivity index (χ4n) is 1.51. The molecule has 0 saturated heterocycles. The Kier molecular flexibility index (Phi) is 3.18. The van der Waals surface area contributed by atoms with Crippen molar-refractivity contribution >= 4 is 11.6 Å². The summed E-state index contributed by atoms with van der Waals surface area (Å²) in [5, 5.41) is 10.0. The Morgan fingerprint density at radius 3 is 2.76 bits per heavy atom. The molecule has 1 heterocycles. The van der Waals surface area contributed by atoms with E-state index in [9.17, 15) is 4.79 Å². The van der Waals surface area contributed by atoms with Crippen molar-refractivity contribution in [2.24, 2.45) is 0 Å². The molecule has 0 radical (unpaired) electrons. The summed E-state index contributed by atoms with van der Waals surface area (Å²) >= 11 is 0. The SMILES string of the molecule is CCc1ccccc1NC(=O)c1nnc(C)o1. The molecule has 1 aromatic carbocycles. The molecule has 88 valence electrons. The summed E-state index contributed by atoms with van der Waals surface area (Å²) in [6.45, 7) is 3.67. The number of benzene rings is 1. The van der Waals surface area contributed by atoms with Gasteiger partial charge in [0.2, 0.25) is 5.89 Å². The minimum atomic E-state index is -0.383. The topological polar surface area (TPSA) is 68.0 Å². The van der Waals surface area contributed by atoms with Gasteiger partial charge in [-0.15, -0.1) is 10.2 Å². The Hall–Kier alpha value is -2.17.